The first-order valence-corrected chi connectivity index (χ1v) is 5.11. The van der Waals surface area contributed by atoms with Gasteiger partial charge in [0.2, 0.25) is 0 Å². The zero-order valence-corrected chi connectivity index (χ0v) is 9.74. The van der Waals surface area contributed by atoms with Gasteiger partial charge in [0.1, 0.15) is 5.75 Å². The van der Waals surface area contributed by atoms with Crippen molar-refractivity contribution in [2.45, 2.75) is 39.3 Å². The minimum Gasteiger partial charge on any atom is -0.508 e. The third-order valence-corrected chi connectivity index (χ3v) is 1.95. The average molecular weight is 209 g/mol. The van der Waals surface area contributed by atoms with Gasteiger partial charge in [-0.1, -0.05) is 18.2 Å². The number of rotatable bonds is 3. The predicted molar refractivity (Wildman–Crippen MR) is 60.5 cm³/mol. The molecule has 1 aromatic carbocycles. The van der Waals surface area contributed by atoms with Gasteiger partial charge in [-0.3, -0.25) is 4.84 Å². The number of nitrogens with one attached hydrogen (secondary N) is 1. The van der Waals surface area contributed by atoms with Gasteiger partial charge >= 0.3 is 0 Å². The van der Waals surface area contributed by atoms with E-state index in [4.69, 9.17) is 4.84 Å². The molecule has 0 spiro atoms. The second kappa shape index (κ2) is 4.64. The molecule has 1 unspecified atom stereocenters. The molecule has 0 bridgehead atoms. The summed E-state index contributed by atoms with van der Waals surface area (Å²) in [5.74, 6) is 0.287. The normalized spacial score (nSPS) is 13.9. The van der Waals surface area contributed by atoms with E-state index >= 15 is 0 Å². The summed E-state index contributed by atoms with van der Waals surface area (Å²) in [6, 6.07) is 7.20. The second-order valence-electron chi connectivity index (χ2n) is 4.61. The first-order chi connectivity index (χ1) is 6.90. The van der Waals surface area contributed by atoms with E-state index in [0.717, 1.165) is 5.56 Å². The van der Waals surface area contributed by atoms with Crippen LogP contribution in [0, 0.1) is 0 Å². The van der Waals surface area contributed by atoms with Crippen molar-refractivity contribution < 1.29 is 9.94 Å². The third-order valence-electron chi connectivity index (χ3n) is 1.95. The first kappa shape index (κ1) is 12.0. The van der Waals surface area contributed by atoms with Gasteiger partial charge in [-0.15, -0.1) is 0 Å². The van der Waals surface area contributed by atoms with Gasteiger partial charge in [0.15, 0.2) is 0 Å². The maximum Gasteiger partial charge on any atom is 0.120 e. The second-order valence-corrected chi connectivity index (χ2v) is 4.61. The highest BCUT2D eigenvalue weighted by molar-refractivity contribution is 5.33. The molecule has 1 atom stereocenters. The molecule has 3 heteroatoms. The standard InChI is InChI=1S/C12H19NO2/c1-9(13-15-12(2,3)4)10-7-5-6-8-11(10)14/h5-9,13-14H,1-4H3. The maximum absolute atomic E-state index is 9.61. The van der Waals surface area contributed by atoms with Crippen LogP contribution in [0.5, 0.6) is 5.75 Å². The molecule has 15 heavy (non-hydrogen) atoms. The van der Waals surface area contributed by atoms with Crippen LogP contribution in [0.2, 0.25) is 0 Å². The van der Waals surface area contributed by atoms with Crippen LogP contribution in [0.15, 0.2) is 24.3 Å². The van der Waals surface area contributed by atoms with Gasteiger partial charge in [-0.05, 0) is 33.8 Å². The lowest BCUT2D eigenvalue weighted by Crippen LogP contribution is -2.30. The zero-order valence-electron chi connectivity index (χ0n) is 9.74. The van der Waals surface area contributed by atoms with E-state index in [1.54, 1.807) is 12.1 Å². The highest BCUT2D eigenvalue weighted by atomic mass is 16.7. The zero-order chi connectivity index (χ0) is 11.5. The summed E-state index contributed by atoms with van der Waals surface area (Å²) in [6.45, 7) is 7.85. The number of para-hydroxylation sites is 1. The van der Waals surface area contributed by atoms with Crippen LogP contribution in [0.4, 0.5) is 0 Å². The summed E-state index contributed by atoms with van der Waals surface area (Å²) < 4.78 is 0. The number of benzene rings is 1. The molecule has 0 amide bonds. The van der Waals surface area contributed by atoms with Crippen molar-refractivity contribution in [1.29, 1.82) is 0 Å². The Kier molecular flexibility index (Phi) is 3.72. The van der Waals surface area contributed by atoms with Crippen LogP contribution >= 0.6 is 0 Å². The smallest absolute Gasteiger partial charge is 0.120 e. The Hall–Kier alpha value is -1.06. The van der Waals surface area contributed by atoms with E-state index in [-0.39, 0.29) is 17.4 Å². The average Bonchev–Trinajstić information content (AvgIpc) is 2.14. The van der Waals surface area contributed by atoms with E-state index in [1.807, 2.05) is 39.8 Å². The fraction of sp³-hybridized carbons (Fsp3) is 0.500. The van der Waals surface area contributed by atoms with Crippen LogP contribution < -0.4 is 5.48 Å². The fourth-order valence-corrected chi connectivity index (χ4v) is 1.18. The van der Waals surface area contributed by atoms with Crippen LogP contribution in [0.25, 0.3) is 0 Å². The first-order valence-electron chi connectivity index (χ1n) is 5.11. The van der Waals surface area contributed by atoms with Gasteiger partial charge in [0.25, 0.3) is 0 Å². The fourth-order valence-electron chi connectivity index (χ4n) is 1.18. The number of hydroxylamine groups is 1. The van der Waals surface area contributed by atoms with Crippen molar-refractivity contribution >= 4 is 0 Å². The SMILES string of the molecule is CC(NOC(C)(C)C)c1ccccc1O. The lowest BCUT2D eigenvalue weighted by molar-refractivity contribution is -0.0868. The van der Waals surface area contributed by atoms with Crippen molar-refractivity contribution in [2.24, 2.45) is 0 Å². The highest BCUT2D eigenvalue weighted by Crippen LogP contribution is 2.23. The van der Waals surface area contributed by atoms with E-state index in [0.29, 0.717) is 0 Å². The molecule has 0 aliphatic carbocycles. The molecule has 3 nitrogen and oxygen atoms in total. The van der Waals surface area contributed by atoms with E-state index in [1.165, 1.54) is 0 Å². The molecule has 0 aliphatic rings. The minimum absolute atomic E-state index is 0.0366. The summed E-state index contributed by atoms with van der Waals surface area (Å²) in [4.78, 5) is 5.44. The lowest BCUT2D eigenvalue weighted by atomic mass is 10.1. The topological polar surface area (TPSA) is 41.5 Å². The molecule has 0 aliphatic heterocycles. The molecule has 84 valence electrons. The van der Waals surface area contributed by atoms with Crippen LogP contribution in [0.1, 0.15) is 39.3 Å². The Balaban J connectivity index is 2.62. The molecule has 0 radical (unpaired) electrons. The van der Waals surface area contributed by atoms with Gasteiger partial charge in [0.05, 0.1) is 11.6 Å². The molecule has 1 aromatic rings. The number of hydrogen-bond donors (Lipinski definition) is 2. The summed E-state index contributed by atoms with van der Waals surface area (Å²) in [7, 11) is 0. The Bertz CT molecular complexity index is 318. The predicted octanol–water partition coefficient (Wildman–Crippen LogP) is 2.77. The molecule has 0 heterocycles. The monoisotopic (exact) mass is 209 g/mol. The molecular weight excluding hydrogens is 190 g/mol. The quantitative estimate of drug-likeness (QED) is 0.752. The number of aromatic hydroxyl groups is 1. The summed E-state index contributed by atoms with van der Waals surface area (Å²) in [5.41, 5.74) is 3.52. The summed E-state index contributed by atoms with van der Waals surface area (Å²) >= 11 is 0. The van der Waals surface area contributed by atoms with E-state index < -0.39 is 0 Å². The Morgan fingerprint density at radius 1 is 1.27 bits per heavy atom. The van der Waals surface area contributed by atoms with Crippen molar-refractivity contribution in [2.75, 3.05) is 0 Å². The number of phenolic OH excluding ortho intramolecular Hbond substituents is 1. The van der Waals surface area contributed by atoms with Crippen molar-refractivity contribution in [3.63, 3.8) is 0 Å². The molecule has 2 N–H and O–H groups in total. The van der Waals surface area contributed by atoms with Gasteiger partial charge in [0, 0.05) is 5.56 Å². The van der Waals surface area contributed by atoms with Gasteiger partial charge < -0.3 is 5.11 Å². The van der Waals surface area contributed by atoms with Crippen molar-refractivity contribution in [3.05, 3.63) is 29.8 Å². The summed E-state index contributed by atoms with van der Waals surface area (Å²) in [5, 5.41) is 9.61. The maximum atomic E-state index is 9.61. The lowest BCUT2D eigenvalue weighted by Gasteiger charge is -2.23. The Morgan fingerprint density at radius 2 is 1.87 bits per heavy atom. The van der Waals surface area contributed by atoms with E-state index in [9.17, 15) is 5.11 Å². The van der Waals surface area contributed by atoms with Crippen molar-refractivity contribution in [1.82, 2.24) is 5.48 Å². The number of hydrogen-bond acceptors (Lipinski definition) is 3. The molecule has 0 aromatic heterocycles. The Morgan fingerprint density at radius 3 is 2.40 bits per heavy atom. The van der Waals surface area contributed by atoms with Gasteiger partial charge in [-0.25, -0.2) is 0 Å². The van der Waals surface area contributed by atoms with Gasteiger partial charge in [-0.2, -0.15) is 5.48 Å². The van der Waals surface area contributed by atoms with Crippen LogP contribution in [0.3, 0.4) is 0 Å². The number of phenols is 1. The molecule has 1 rings (SSSR count). The highest BCUT2D eigenvalue weighted by Gasteiger charge is 2.15. The largest absolute Gasteiger partial charge is 0.508 e. The van der Waals surface area contributed by atoms with Crippen molar-refractivity contribution in [3.8, 4) is 5.75 Å². The Labute approximate surface area is 91.0 Å². The van der Waals surface area contributed by atoms with Crippen LogP contribution in [-0.2, 0) is 4.84 Å². The van der Waals surface area contributed by atoms with Crippen LogP contribution in [-0.4, -0.2) is 10.7 Å². The minimum atomic E-state index is -0.237. The molecule has 0 saturated carbocycles. The molecule has 0 saturated heterocycles. The summed E-state index contributed by atoms with van der Waals surface area (Å²) in [6.07, 6.45) is 0. The molecular formula is C12H19NO2. The van der Waals surface area contributed by atoms with E-state index in [2.05, 4.69) is 5.48 Å². The third kappa shape index (κ3) is 3.90. The molecule has 0 fully saturated rings.